The Morgan fingerprint density at radius 3 is 2.00 bits per heavy atom. The molecule has 0 aliphatic carbocycles. The monoisotopic (exact) mass is 468 g/mol. The zero-order valence-corrected chi connectivity index (χ0v) is 15.9. The Morgan fingerprint density at radius 1 is 0.781 bits per heavy atom. The van der Waals surface area contributed by atoms with E-state index in [4.69, 9.17) is 11.5 Å². The van der Waals surface area contributed by atoms with E-state index < -0.39 is 29.5 Å². The zero-order valence-electron chi connectivity index (χ0n) is 15.9. The van der Waals surface area contributed by atoms with Crippen molar-refractivity contribution in [2.45, 2.75) is 30.9 Å². The van der Waals surface area contributed by atoms with Crippen LogP contribution < -0.4 is 11.5 Å². The van der Waals surface area contributed by atoms with E-state index in [0.717, 1.165) is 6.07 Å². The van der Waals surface area contributed by atoms with Gasteiger partial charge in [0.1, 0.15) is 5.82 Å². The van der Waals surface area contributed by atoms with Crippen LogP contribution in [-0.4, -0.2) is 28.0 Å². The van der Waals surface area contributed by atoms with Crippen molar-refractivity contribution < 1.29 is 39.5 Å². The van der Waals surface area contributed by atoms with E-state index in [1.807, 2.05) is 0 Å². The van der Waals surface area contributed by atoms with E-state index in [2.05, 4.69) is 9.97 Å². The third kappa shape index (κ3) is 3.35. The summed E-state index contributed by atoms with van der Waals surface area (Å²) in [6, 6.07) is 5.48. The number of nitrogens with zero attached hydrogens (tertiary/aromatic N) is 2. The summed E-state index contributed by atoms with van der Waals surface area (Å²) in [5.74, 6) is -19.8. The highest BCUT2D eigenvalue weighted by Crippen LogP contribution is 2.56. The molecule has 0 radical (unpaired) electrons. The molecule has 3 aromatic rings. The van der Waals surface area contributed by atoms with Gasteiger partial charge >= 0.3 is 23.9 Å². The molecule has 0 amide bonds. The number of benzene rings is 2. The molecule has 0 aliphatic rings. The molecule has 32 heavy (non-hydrogen) atoms. The van der Waals surface area contributed by atoms with Crippen molar-refractivity contribution in [1.29, 1.82) is 0 Å². The Balaban J connectivity index is 2.16. The van der Waals surface area contributed by atoms with Gasteiger partial charge in [-0.3, -0.25) is 0 Å². The smallest absolute Gasteiger partial charge is 0.383 e. The predicted molar refractivity (Wildman–Crippen MR) is 98.4 cm³/mol. The number of halogens is 9. The Bertz CT molecular complexity index is 1190. The molecule has 0 atom stereocenters. The van der Waals surface area contributed by atoms with Crippen molar-refractivity contribution in [1.82, 2.24) is 9.97 Å². The molecule has 2 aromatic carbocycles. The number of alkyl halides is 9. The van der Waals surface area contributed by atoms with Crippen molar-refractivity contribution in [2.75, 3.05) is 11.5 Å². The van der Waals surface area contributed by atoms with Gasteiger partial charge in [-0.2, -0.15) is 44.5 Å². The lowest BCUT2D eigenvalue weighted by Crippen LogP contribution is -2.59. The average molecular weight is 468 g/mol. The van der Waals surface area contributed by atoms with Crippen LogP contribution in [-0.2, 0) is 5.92 Å². The van der Waals surface area contributed by atoms with Crippen LogP contribution in [0.2, 0.25) is 0 Å². The molecular weight excluding hydrogens is 455 g/mol. The molecule has 0 aliphatic heterocycles. The Hall–Kier alpha value is -3.25. The molecule has 13 heteroatoms. The van der Waals surface area contributed by atoms with Gasteiger partial charge in [0, 0.05) is 10.9 Å². The Kier molecular flexibility index (Phi) is 5.22. The average Bonchev–Trinajstić information content (AvgIpc) is 2.66. The fraction of sp³-hybridized carbons (Fsp3) is 0.263. The number of hydrogen-bond acceptors (Lipinski definition) is 4. The van der Waals surface area contributed by atoms with E-state index in [-0.39, 0.29) is 33.8 Å². The molecule has 0 fully saturated rings. The summed E-state index contributed by atoms with van der Waals surface area (Å²) in [7, 11) is 0. The minimum absolute atomic E-state index is 0.0651. The second kappa shape index (κ2) is 7.14. The highest BCUT2D eigenvalue weighted by atomic mass is 19.4. The van der Waals surface area contributed by atoms with E-state index in [9.17, 15) is 39.5 Å². The highest BCUT2D eigenvalue weighted by molar-refractivity contribution is 5.96. The van der Waals surface area contributed by atoms with Gasteiger partial charge in [-0.05, 0) is 35.7 Å². The summed E-state index contributed by atoms with van der Waals surface area (Å²) in [5, 5.41) is 0.266. The molecule has 4 N–H and O–H groups in total. The number of aromatic nitrogens is 2. The molecule has 3 rings (SSSR count). The van der Waals surface area contributed by atoms with Crippen LogP contribution >= 0.6 is 0 Å². The predicted octanol–water partition coefficient (Wildman–Crippen LogP) is 5.69. The largest absolute Gasteiger partial charge is 0.460 e. The topological polar surface area (TPSA) is 77.8 Å². The van der Waals surface area contributed by atoms with Gasteiger partial charge in [0.05, 0.1) is 5.52 Å². The molecule has 0 saturated carbocycles. The quantitative estimate of drug-likeness (QED) is 0.482. The molecule has 172 valence electrons. The summed E-state index contributed by atoms with van der Waals surface area (Å²) in [4.78, 5) is 7.72. The fourth-order valence-corrected chi connectivity index (χ4v) is 3.19. The standard InChI is InChI=1S/C19H13F9N4/c1-8-11(5-6-12-13(8)14(29)32-15(30)31-12)9-3-2-4-10(7-9)16(20,21)17(22,23)18(24,25)19(26,27)28/h2-7H,1H3,(H4,29,30,31,32). The third-order valence-corrected chi connectivity index (χ3v) is 4.85. The second-order valence-corrected chi connectivity index (χ2v) is 6.90. The van der Waals surface area contributed by atoms with E-state index in [0.29, 0.717) is 17.7 Å². The molecular formula is C19H13F9N4. The van der Waals surface area contributed by atoms with E-state index in [1.165, 1.54) is 25.1 Å². The van der Waals surface area contributed by atoms with E-state index in [1.54, 1.807) is 0 Å². The van der Waals surface area contributed by atoms with Crippen LogP contribution in [0.5, 0.6) is 0 Å². The molecule has 0 bridgehead atoms. The maximum absolute atomic E-state index is 14.3. The van der Waals surface area contributed by atoms with Crippen molar-refractivity contribution in [3.05, 3.63) is 47.5 Å². The lowest BCUT2D eigenvalue weighted by Gasteiger charge is -2.34. The molecule has 0 saturated heterocycles. The number of rotatable bonds is 4. The van der Waals surface area contributed by atoms with Gasteiger partial charge < -0.3 is 11.5 Å². The number of hydrogen-bond donors (Lipinski definition) is 2. The van der Waals surface area contributed by atoms with Crippen molar-refractivity contribution >= 4 is 22.7 Å². The zero-order chi connectivity index (χ0) is 24.3. The SMILES string of the molecule is Cc1c(-c2cccc(C(F)(F)C(F)(F)C(F)(F)C(F)(F)F)c2)ccc2nc(N)nc(N)c12. The van der Waals surface area contributed by atoms with Crippen LogP contribution in [0.3, 0.4) is 0 Å². The van der Waals surface area contributed by atoms with Gasteiger partial charge in [-0.15, -0.1) is 0 Å². The summed E-state index contributed by atoms with van der Waals surface area (Å²) < 4.78 is 120. The van der Waals surface area contributed by atoms with Crippen LogP contribution in [0.15, 0.2) is 36.4 Å². The van der Waals surface area contributed by atoms with Crippen molar-refractivity contribution in [3.8, 4) is 11.1 Å². The van der Waals surface area contributed by atoms with Crippen molar-refractivity contribution in [2.24, 2.45) is 0 Å². The van der Waals surface area contributed by atoms with Gasteiger partial charge in [0.2, 0.25) is 5.95 Å². The first-order valence-electron chi connectivity index (χ1n) is 8.65. The lowest BCUT2D eigenvalue weighted by molar-refractivity contribution is -0.399. The first kappa shape index (κ1) is 23.4. The molecule has 0 unspecified atom stereocenters. The summed E-state index contributed by atoms with van der Waals surface area (Å²) in [6.07, 6.45) is -6.90. The maximum atomic E-state index is 14.3. The van der Waals surface area contributed by atoms with Gasteiger partial charge in [0.15, 0.2) is 0 Å². The summed E-state index contributed by atoms with van der Waals surface area (Å²) in [5.41, 5.74) is 10.2. The molecule has 1 aromatic heterocycles. The number of nitrogen functional groups attached to an aromatic ring is 2. The molecule has 0 spiro atoms. The number of anilines is 2. The molecule has 1 heterocycles. The second-order valence-electron chi connectivity index (χ2n) is 6.90. The van der Waals surface area contributed by atoms with Crippen LogP contribution in [0, 0.1) is 6.92 Å². The van der Waals surface area contributed by atoms with Crippen molar-refractivity contribution in [3.63, 3.8) is 0 Å². The number of aryl methyl sites for hydroxylation is 1. The molecule has 4 nitrogen and oxygen atoms in total. The lowest BCUT2D eigenvalue weighted by atomic mass is 9.92. The van der Waals surface area contributed by atoms with Gasteiger partial charge in [-0.25, -0.2) is 4.98 Å². The van der Waals surface area contributed by atoms with Gasteiger partial charge in [0.25, 0.3) is 0 Å². The first-order chi connectivity index (χ1) is 14.5. The maximum Gasteiger partial charge on any atom is 0.460 e. The number of fused-ring (bicyclic) bond motifs is 1. The minimum Gasteiger partial charge on any atom is -0.383 e. The summed E-state index contributed by atoms with van der Waals surface area (Å²) >= 11 is 0. The summed E-state index contributed by atoms with van der Waals surface area (Å²) in [6.45, 7) is 1.48. The Morgan fingerprint density at radius 2 is 1.41 bits per heavy atom. The third-order valence-electron chi connectivity index (χ3n) is 4.85. The first-order valence-corrected chi connectivity index (χ1v) is 8.65. The highest BCUT2D eigenvalue weighted by Gasteiger charge is 2.82. The Labute approximate surface area is 174 Å². The normalized spacial score (nSPS) is 13.6. The fourth-order valence-electron chi connectivity index (χ4n) is 3.19. The minimum atomic E-state index is -6.98. The van der Waals surface area contributed by atoms with E-state index >= 15 is 0 Å². The van der Waals surface area contributed by atoms with Crippen LogP contribution in [0.1, 0.15) is 11.1 Å². The van der Waals surface area contributed by atoms with Crippen LogP contribution in [0.25, 0.3) is 22.0 Å². The van der Waals surface area contributed by atoms with Crippen LogP contribution in [0.4, 0.5) is 51.3 Å². The number of nitrogens with two attached hydrogens (primary N) is 2. The van der Waals surface area contributed by atoms with Gasteiger partial charge in [-0.1, -0.05) is 24.3 Å².